The van der Waals surface area contributed by atoms with Crippen LogP contribution in [0.2, 0.25) is 0 Å². The van der Waals surface area contributed by atoms with E-state index in [9.17, 15) is 14.0 Å². The van der Waals surface area contributed by atoms with Crippen molar-refractivity contribution in [1.82, 2.24) is 14.7 Å². The number of halogens is 1. The number of hydrogen-bond donors (Lipinski definition) is 0. The summed E-state index contributed by atoms with van der Waals surface area (Å²) < 4.78 is 19.3. The second-order valence-electron chi connectivity index (χ2n) is 6.89. The first-order chi connectivity index (χ1) is 14.6. The third-order valence-corrected chi connectivity index (χ3v) is 7.00. The van der Waals surface area contributed by atoms with Gasteiger partial charge >= 0.3 is 5.76 Å². The highest BCUT2D eigenvalue weighted by atomic mass is 32.1. The smallest absolute Gasteiger partial charge is 0.388 e. The molecule has 0 fully saturated rings. The molecule has 9 heteroatoms. The van der Waals surface area contributed by atoms with E-state index in [0.29, 0.717) is 12.1 Å². The van der Waals surface area contributed by atoms with Gasteiger partial charge in [0, 0.05) is 21.9 Å². The highest BCUT2D eigenvalue weighted by molar-refractivity contribution is 7.10. The first-order valence-corrected chi connectivity index (χ1v) is 11.1. The summed E-state index contributed by atoms with van der Waals surface area (Å²) in [5.41, 5.74) is 1.61. The molecule has 6 nitrogen and oxygen atoms in total. The number of amides is 1. The molecule has 1 aliphatic rings. The van der Waals surface area contributed by atoms with E-state index in [0.717, 1.165) is 21.5 Å². The topological polar surface area (TPSA) is 68.3 Å². The van der Waals surface area contributed by atoms with Crippen LogP contribution in [0.15, 0.2) is 62.4 Å². The van der Waals surface area contributed by atoms with Crippen LogP contribution in [0.3, 0.4) is 0 Å². The zero-order chi connectivity index (χ0) is 20.7. The first-order valence-electron chi connectivity index (χ1n) is 9.33. The fraction of sp³-hybridized carbons (Fsp3) is 0.190. The van der Waals surface area contributed by atoms with Crippen molar-refractivity contribution >= 4 is 28.6 Å². The standard InChI is InChI=1S/C21H16FN3O3S2/c22-14-5-3-13(4-6-14)20-23-25(21(27)28-20)12-18(26)24-9-7-16-15(8-11-30-16)19(24)17-2-1-10-29-17/h1-6,8,10-11,19H,7,9,12H2/t19-/m0/s1. The highest BCUT2D eigenvalue weighted by Gasteiger charge is 2.33. The predicted octanol–water partition coefficient (Wildman–Crippen LogP) is 3.94. The van der Waals surface area contributed by atoms with E-state index < -0.39 is 11.6 Å². The number of aromatic nitrogens is 2. The van der Waals surface area contributed by atoms with Gasteiger partial charge in [0.2, 0.25) is 11.8 Å². The Bertz CT molecular complexity index is 1240. The summed E-state index contributed by atoms with van der Waals surface area (Å²) >= 11 is 3.31. The van der Waals surface area contributed by atoms with Gasteiger partial charge in [0.15, 0.2) is 0 Å². The van der Waals surface area contributed by atoms with Crippen LogP contribution in [0.4, 0.5) is 4.39 Å². The van der Waals surface area contributed by atoms with Crippen molar-refractivity contribution < 1.29 is 13.6 Å². The van der Waals surface area contributed by atoms with Crippen LogP contribution in [0.5, 0.6) is 0 Å². The molecule has 0 saturated heterocycles. The molecule has 1 aromatic carbocycles. The molecule has 1 amide bonds. The van der Waals surface area contributed by atoms with Crippen molar-refractivity contribution in [3.63, 3.8) is 0 Å². The van der Waals surface area contributed by atoms with Crippen LogP contribution >= 0.6 is 22.7 Å². The number of hydrogen-bond acceptors (Lipinski definition) is 6. The molecule has 4 heterocycles. The lowest BCUT2D eigenvalue weighted by Crippen LogP contribution is -2.42. The summed E-state index contributed by atoms with van der Waals surface area (Å²) in [6.07, 6.45) is 0.787. The van der Waals surface area contributed by atoms with Gasteiger partial charge in [-0.15, -0.1) is 27.8 Å². The molecule has 1 aliphatic heterocycles. The molecule has 0 radical (unpaired) electrons. The van der Waals surface area contributed by atoms with E-state index in [1.54, 1.807) is 27.6 Å². The Labute approximate surface area is 178 Å². The minimum Gasteiger partial charge on any atom is -0.388 e. The molecule has 0 saturated carbocycles. The lowest BCUT2D eigenvalue weighted by Gasteiger charge is -2.35. The Morgan fingerprint density at radius 1 is 1.17 bits per heavy atom. The quantitative estimate of drug-likeness (QED) is 0.481. The molecule has 0 bridgehead atoms. The Kier molecular flexibility index (Phi) is 4.84. The number of carbonyl (C=O) groups excluding carboxylic acids is 1. The van der Waals surface area contributed by atoms with Crippen molar-refractivity contribution in [3.05, 3.63) is 84.9 Å². The molecule has 152 valence electrons. The maximum atomic E-state index is 13.2. The Morgan fingerprint density at radius 2 is 2.00 bits per heavy atom. The molecule has 5 rings (SSSR count). The largest absolute Gasteiger partial charge is 0.437 e. The van der Waals surface area contributed by atoms with E-state index in [1.807, 2.05) is 17.5 Å². The van der Waals surface area contributed by atoms with Gasteiger partial charge in [-0.2, -0.15) is 4.68 Å². The van der Waals surface area contributed by atoms with E-state index in [1.165, 1.54) is 29.1 Å². The summed E-state index contributed by atoms with van der Waals surface area (Å²) in [7, 11) is 0. The molecule has 0 N–H and O–H groups in total. The summed E-state index contributed by atoms with van der Waals surface area (Å²) in [4.78, 5) is 29.6. The van der Waals surface area contributed by atoms with Crippen molar-refractivity contribution in [2.24, 2.45) is 0 Å². The lowest BCUT2D eigenvalue weighted by molar-refractivity contribution is -0.134. The average Bonchev–Trinajstić information content (AvgIpc) is 3.49. The molecule has 1 atom stereocenters. The van der Waals surface area contributed by atoms with Crippen LogP contribution < -0.4 is 5.76 Å². The SMILES string of the molecule is O=C(Cn1nc(-c2ccc(F)cc2)oc1=O)N1CCc2sccc2[C@H]1c1cccs1. The number of nitrogens with zero attached hydrogens (tertiary/aromatic N) is 3. The molecule has 3 aromatic heterocycles. The van der Waals surface area contributed by atoms with Gasteiger partial charge in [-0.1, -0.05) is 6.07 Å². The summed E-state index contributed by atoms with van der Waals surface area (Å²) in [6, 6.07) is 11.4. The van der Waals surface area contributed by atoms with Gasteiger partial charge in [0.05, 0.1) is 6.04 Å². The fourth-order valence-corrected chi connectivity index (χ4v) is 5.43. The van der Waals surface area contributed by atoms with Crippen LogP contribution in [-0.4, -0.2) is 27.1 Å². The van der Waals surface area contributed by atoms with Crippen molar-refractivity contribution in [1.29, 1.82) is 0 Å². The number of rotatable bonds is 4. The molecule has 30 heavy (non-hydrogen) atoms. The van der Waals surface area contributed by atoms with Crippen molar-refractivity contribution in [3.8, 4) is 11.5 Å². The second-order valence-corrected chi connectivity index (χ2v) is 8.87. The maximum absolute atomic E-state index is 13.2. The monoisotopic (exact) mass is 441 g/mol. The number of carbonyl (C=O) groups is 1. The van der Waals surface area contributed by atoms with Crippen LogP contribution in [0.25, 0.3) is 11.5 Å². The van der Waals surface area contributed by atoms with Gasteiger partial charge in [0.25, 0.3) is 0 Å². The van der Waals surface area contributed by atoms with Crippen molar-refractivity contribution in [2.45, 2.75) is 19.0 Å². The highest BCUT2D eigenvalue weighted by Crippen LogP contribution is 2.39. The number of thiophene rings is 2. The summed E-state index contributed by atoms with van der Waals surface area (Å²) in [5.74, 6) is -1.26. The minimum absolute atomic E-state index is 0.0568. The zero-order valence-corrected chi connectivity index (χ0v) is 17.3. The minimum atomic E-state index is -0.719. The van der Waals surface area contributed by atoms with Crippen molar-refractivity contribution in [2.75, 3.05) is 6.54 Å². The van der Waals surface area contributed by atoms with E-state index in [-0.39, 0.29) is 24.4 Å². The predicted molar refractivity (Wildman–Crippen MR) is 112 cm³/mol. The fourth-order valence-electron chi connectivity index (χ4n) is 3.67. The van der Waals surface area contributed by atoms with Gasteiger partial charge in [-0.05, 0) is 59.1 Å². The van der Waals surface area contributed by atoms with E-state index in [2.05, 4.69) is 16.5 Å². The molecule has 0 unspecified atom stereocenters. The molecular weight excluding hydrogens is 425 g/mol. The maximum Gasteiger partial charge on any atom is 0.437 e. The van der Waals surface area contributed by atoms with Gasteiger partial charge in [0.1, 0.15) is 12.4 Å². The Balaban J connectivity index is 1.43. The second kappa shape index (κ2) is 7.66. The summed E-state index contributed by atoms with van der Waals surface area (Å²) in [5, 5.41) is 8.19. The Hall–Kier alpha value is -3.04. The summed E-state index contributed by atoms with van der Waals surface area (Å²) in [6.45, 7) is 0.358. The third kappa shape index (κ3) is 3.40. The van der Waals surface area contributed by atoms with Crippen LogP contribution in [-0.2, 0) is 17.8 Å². The molecular formula is C21H16FN3O3S2. The van der Waals surface area contributed by atoms with E-state index >= 15 is 0 Å². The average molecular weight is 442 g/mol. The molecule has 0 spiro atoms. The number of benzene rings is 1. The first kappa shape index (κ1) is 19.0. The third-order valence-electron chi connectivity index (χ3n) is 5.08. The normalized spacial score (nSPS) is 15.9. The zero-order valence-electron chi connectivity index (χ0n) is 15.7. The molecule has 4 aromatic rings. The molecule has 0 aliphatic carbocycles. The van der Waals surface area contributed by atoms with Gasteiger partial charge in [-0.3, -0.25) is 4.79 Å². The number of fused-ring (bicyclic) bond motifs is 1. The Morgan fingerprint density at radius 3 is 2.77 bits per heavy atom. The van der Waals surface area contributed by atoms with Crippen LogP contribution in [0, 0.1) is 5.82 Å². The van der Waals surface area contributed by atoms with Gasteiger partial charge in [-0.25, -0.2) is 9.18 Å². The van der Waals surface area contributed by atoms with Crippen LogP contribution in [0.1, 0.15) is 21.4 Å². The van der Waals surface area contributed by atoms with Gasteiger partial charge < -0.3 is 9.32 Å². The lowest BCUT2D eigenvalue weighted by atomic mass is 9.98. The van der Waals surface area contributed by atoms with E-state index in [4.69, 9.17) is 4.42 Å².